The highest BCUT2D eigenvalue weighted by Crippen LogP contribution is 2.22. The fraction of sp³-hybridized carbons (Fsp3) is 0.391. The summed E-state index contributed by atoms with van der Waals surface area (Å²) in [6.45, 7) is 7.91. The maximum absolute atomic E-state index is 13.1. The minimum Gasteiger partial charge on any atom is -0.459 e. The second-order valence-corrected chi connectivity index (χ2v) is 9.85. The van der Waals surface area contributed by atoms with Gasteiger partial charge in [0.05, 0.1) is 11.7 Å². The fourth-order valence-corrected chi connectivity index (χ4v) is 4.84. The van der Waals surface area contributed by atoms with E-state index in [1.807, 2.05) is 30.3 Å². The van der Waals surface area contributed by atoms with E-state index < -0.39 is 16.0 Å². The highest BCUT2D eigenvalue weighted by molar-refractivity contribution is 7.92. The normalized spacial score (nSPS) is 15.5. The molecule has 0 bridgehead atoms. The van der Waals surface area contributed by atoms with Gasteiger partial charge >= 0.3 is 5.97 Å². The van der Waals surface area contributed by atoms with E-state index in [0.29, 0.717) is 22.5 Å². The van der Waals surface area contributed by atoms with Crippen molar-refractivity contribution in [2.45, 2.75) is 33.8 Å². The summed E-state index contributed by atoms with van der Waals surface area (Å²) in [6, 6.07) is 9.21. The summed E-state index contributed by atoms with van der Waals surface area (Å²) in [6.07, 6.45) is 1.30. The van der Waals surface area contributed by atoms with Crippen molar-refractivity contribution in [2.75, 3.05) is 26.2 Å². The summed E-state index contributed by atoms with van der Waals surface area (Å²) >= 11 is 0. The molecular weight excluding hydrogens is 430 g/mol. The molecule has 32 heavy (non-hydrogen) atoms. The average Bonchev–Trinajstić information content (AvgIpc) is 3.06. The Morgan fingerprint density at radius 3 is 2.28 bits per heavy atom. The largest absolute Gasteiger partial charge is 0.459 e. The number of benzene rings is 1. The topological polar surface area (TPSA) is 99.8 Å². The number of rotatable bonds is 6. The van der Waals surface area contributed by atoms with Gasteiger partial charge in [-0.05, 0) is 44.9 Å². The molecule has 3 rings (SSSR count). The summed E-state index contributed by atoms with van der Waals surface area (Å²) in [7, 11) is -3.58. The number of hydrogen-bond donors (Lipinski definition) is 1. The molecule has 1 aliphatic heterocycles. The number of esters is 1. The second kappa shape index (κ2) is 9.70. The summed E-state index contributed by atoms with van der Waals surface area (Å²) in [4.78, 5) is 30.0. The van der Waals surface area contributed by atoms with Crippen molar-refractivity contribution in [2.24, 2.45) is 0 Å². The van der Waals surface area contributed by atoms with E-state index in [9.17, 15) is 18.0 Å². The number of H-pyrrole nitrogens is 1. The van der Waals surface area contributed by atoms with Crippen molar-refractivity contribution in [3.63, 3.8) is 0 Å². The molecule has 2 heterocycles. The Hall–Kier alpha value is -2.91. The SMILES string of the molecule is Cc1[nH]c(C(=O)N2CCN(S(=O)(=O)/C=C/c3ccccc3)CC2)c(C)c1C(=O)OC(C)C. The smallest absolute Gasteiger partial charge is 0.340 e. The van der Waals surface area contributed by atoms with Crippen LogP contribution in [0.1, 0.15) is 51.5 Å². The zero-order valence-corrected chi connectivity index (χ0v) is 19.6. The number of aromatic nitrogens is 1. The highest BCUT2D eigenvalue weighted by Gasteiger charge is 2.31. The number of carbonyl (C=O) groups is 2. The van der Waals surface area contributed by atoms with Crippen LogP contribution in [0.5, 0.6) is 0 Å². The van der Waals surface area contributed by atoms with Gasteiger partial charge in [-0.25, -0.2) is 13.2 Å². The van der Waals surface area contributed by atoms with Crippen LogP contribution in [0, 0.1) is 13.8 Å². The molecule has 0 unspecified atom stereocenters. The van der Waals surface area contributed by atoms with E-state index in [0.717, 1.165) is 5.56 Å². The van der Waals surface area contributed by atoms with Crippen LogP contribution < -0.4 is 0 Å². The number of amides is 1. The molecule has 1 aromatic carbocycles. The summed E-state index contributed by atoms with van der Waals surface area (Å²) in [5, 5.41) is 1.20. The molecule has 9 heteroatoms. The minimum atomic E-state index is -3.58. The zero-order valence-electron chi connectivity index (χ0n) is 18.8. The van der Waals surface area contributed by atoms with Crippen molar-refractivity contribution >= 4 is 28.0 Å². The van der Waals surface area contributed by atoms with Crippen molar-refractivity contribution in [3.05, 3.63) is 63.8 Å². The molecule has 1 aliphatic rings. The number of sulfonamides is 1. The average molecular weight is 460 g/mol. The van der Waals surface area contributed by atoms with E-state index in [2.05, 4.69) is 4.98 Å². The molecule has 1 fully saturated rings. The van der Waals surface area contributed by atoms with E-state index in [-0.39, 0.29) is 38.2 Å². The van der Waals surface area contributed by atoms with Crippen molar-refractivity contribution in [3.8, 4) is 0 Å². The lowest BCUT2D eigenvalue weighted by atomic mass is 10.1. The van der Waals surface area contributed by atoms with Gasteiger partial charge in [0.1, 0.15) is 5.69 Å². The maximum atomic E-state index is 13.1. The Morgan fingerprint density at radius 1 is 1.06 bits per heavy atom. The number of ether oxygens (including phenoxy) is 1. The fourth-order valence-electron chi connectivity index (χ4n) is 3.66. The first kappa shape index (κ1) is 23.7. The minimum absolute atomic E-state index is 0.203. The molecule has 0 atom stereocenters. The van der Waals surface area contributed by atoms with Crippen LogP contribution in [0.3, 0.4) is 0 Å². The second-order valence-electron chi connectivity index (χ2n) is 8.03. The van der Waals surface area contributed by atoms with E-state index in [1.54, 1.807) is 38.7 Å². The molecule has 0 spiro atoms. The third-order valence-electron chi connectivity index (χ3n) is 5.32. The molecule has 0 aliphatic carbocycles. The lowest BCUT2D eigenvalue weighted by molar-refractivity contribution is 0.0376. The molecule has 0 radical (unpaired) electrons. The Balaban J connectivity index is 1.67. The molecule has 1 saturated heterocycles. The van der Waals surface area contributed by atoms with Gasteiger partial charge < -0.3 is 14.6 Å². The third-order valence-corrected chi connectivity index (χ3v) is 6.88. The van der Waals surface area contributed by atoms with Gasteiger partial charge in [0.25, 0.3) is 5.91 Å². The molecular formula is C23H29N3O5S. The Labute approximate surface area is 188 Å². The van der Waals surface area contributed by atoms with Gasteiger partial charge in [-0.15, -0.1) is 0 Å². The molecule has 1 amide bonds. The van der Waals surface area contributed by atoms with Gasteiger partial charge in [0.15, 0.2) is 0 Å². The summed E-state index contributed by atoms with van der Waals surface area (Å²) in [5.41, 5.74) is 2.62. The van der Waals surface area contributed by atoms with Crippen LogP contribution in [-0.4, -0.2) is 66.8 Å². The molecule has 2 aromatic rings. The van der Waals surface area contributed by atoms with Gasteiger partial charge in [-0.3, -0.25) is 4.79 Å². The van der Waals surface area contributed by atoms with E-state index in [4.69, 9.17) is 4.74 Å². The van der Waals surface area contributed by atoms with Crippen LogP contribution in [0.15, 0.2) is 35.7 Å². The first-order chi connectivity index (χ1) is 15.1. The predicted octanol–water partition coefficient (Wildman–Crippen LogP) is 2.96. The first-order valence-corrected chi connectivity index (χ1v) is 12.0. The first-order valence-electron chi connectivity index (χ1n) is 10.5. The number of hydrogen-bond acceptors (Lipinski definition) is 5. The highest BCUT2D eigenvalue weighted by atomic mass is 32.2. The number of piperazine rings is 1. The van der Waals surface area contributed by atoms with Crippen molar-refractivity contribution in [1.82, 2.24) is 14.2 Å². The third kappa shape index (κ3) is 5.28. The van der Waals surface area contributed by atoms with Gasteiger partial charge in [-0.1, -0.05) is 30.3 Å². The van der Waals surface area contributed by atoms with E-state index in [1.165, 1.54) is 9.71 Å². The van der Waals surface area contributed by atoms with Gasteiger partial charge in [0.2, 0.25) is 10.0 Å². The number of nitrogens with one attached hydrogen (secondary N) is 1. The van der Waals surface area contributed by atoms with Crippen molar-refractivity contribution < 1.29 is 22.7 Å². The lowest BCUT2D eigenvalue weighted by Crippen LogP contribution is -2.50. The van der Waals surface area contributed by atoms with Gasteiger partial charge in [-0.2, -0.15) is 4.31 Å². The van der Waals surface area contributed by atoms with Crippen LogP contribution in [0.25, 0.3) is 6.08 Å². The number of nitrogens with zero attached hydrogens (tertiary/aromatic N) is 2. The number of aromatic amines is 1. The quantitative estimate of drug-likeness (QED) is 0.670. The molecule has 1 N–H and O–H groups in total. The van der Waals surface area contributed by atoms with Crippen molar-refractivity contribution in [1.29, 1.82) is 0 Å². The predicted molar refractivity (Wildman–Crippen MR) is 123 cm³/mol. The van der Waals surface area contributed by atoms with Crippen LogP contribution in [0.4, 0.5) is 0 Å². The molecule has 172 valence electrons. The van der Waals surface area contributed by atoms with E-state index >= 15 is 0 Å². The number of aryl methyl sites for hydroxylation is 1. The number of carbonyl (C=O) groups excluding carboxylic acids is 2. The monoisotopic (exact) mass is 459 g/mol. The lowest BCUT2D eigenvalue weighted by Gasteiger charge is -2.33. The molecule has 1 aromatic heterocycles. The van der Waals surface area contributed by atoms with Crippen LogP contribution in [-0.2, 0) is 14.8 Å². The van der Waals surface area contributed by atoms with Gasteiger partial charge in [0, 0.05) is 37.3 Å². The maximum Gasteiger partial charge on any atom is 0.340 e. The Bertz CT molecular complexity index is 1110. The summed E-state index contributed by atoms with van der Waals surface area (Å²) in [5.74, 6) is -0.725. The summed E-state index contributed by atoms with van der Waals surface area (Å²) < 4.78 is 31.9. The van der Waals surface area contributed by atoms with Crippen LogP contribution >= 0.6 is 0 Å². The zero-order chi connectivity index (χ0) is 23.5. The Morgan fingerprint density at radius 2 is 1.69 bits per heavy atom. The standard InChI is InChI=1S/C23H29N3O5S/c1-16(2)31-23(28)20-17(3)21(24-18(20)4)22(27)25-11-13-26(14-12-25)32(29,30)15-10-19-8-6-5-7-9-19/h5-10,15-16,24H,11-14H2,1-4H3/b15-10+. The Kier molecular flexibility index (Phi) is 7.20. The molecule has 8 nitrogen and oxygen atoms in total. The molecule has 0 saturated carbocycles. The van der Waals surface area contributed by atoms with Crippen LogP contribution in [0.2, 0.25) is 0 Å².